The van der Waals surface area contributed by atoms with Crippen LogP contribution in [0.25, 0.3) is 0 Å². The standard InChI is InChI=1S/C6H8N4O4/c11-2-1-7-6(12)5-4(10(13)14)3-8-9-5/h3,11H,1-2H2,(H,7,12)(H,8,9). The van der Waals surface area contributed by atoms with Crippen LogP contribution in [-0.4, -0.2) is 39.3 Å². The number of H-pyrrole nitrogens is 1. The van der Waals surface area contributed by atoms with Crippen molar-refractivity contribution in [3.63, 3.8) is 0 Å². The maximum absolute atomic E-state index is 11.2. The molecule has 0 saturated carbocycles. The highest BCUT2D eigenvalue weighted by atomic mass is 16.6. The molecule has 1 aromatic heterocycles. The molecule has 0 fully saturated rings. The Bertz CT molecular complexity index is 347. The predicted octanol–water partition coefficient (Wildman–Crippen LogP) is -0.960. The zero-order valence-corrected chi connectivity index (χ0v) is 7.06. The molecule has 0 unspecified atom stereocenters. The summed E-state index contributed by atoms with van der Waals surface area (Å²) in [5.74, 6) is -0.664. The maximum Gasteiger partial charge on any atom is 0.319 e. The second-order valence-corrected chi connectivity index (χ2v) is 2.37. The third-order valence-corrected chi connectivity index (χ3v) is 1.44. The lowest BCUT2D eigenvalue weighted by Crippen LogP contribution is -2.27. The molecule has 0 aliphatic heterocycles. The monoisotopic (exact) mass is 200 g/mol. The Kier molecular flexibility index (Phi) is 3.13. The molecule has 1 amide bonds. The van der Waals surface area contributed by atoms with Crippen molar-refractivity contribution in [3.05, 3.63) is 22.0 Å². The molecule has 0 aromatic carbocycles. The van der Waals surface area contributed by atoms with Crippen molar-refractivity contribution in [1.82, 2.24) is 15.5 Å². The molecule has 1 aromatic rings. The molecule has 76 valence electrons. The first kappa shape index (κ1) is 10.1. The van der Waals surface area contributed by atoms with Crippen LogP contribution in [0.15, 0.2) is 6.20 Å². The summed E-state index contributed by atoms with van der Waals surface area (Å²) >= 11 is 0. The number of carbonyl (C=O) groups excluding carboxylic acids is 1. The lowest BCUT2D eigenvalue weighted by molar-refractivity contribution is -0.385. The van der Waals surface area contributed by atoms with Crippen molar-refractivity contribution in [2.45, 2.75) is 0 Å². The number of aliphatic hydroxyl groups excluding tert-OH is 1. The smallest absolute Gasteiger partial charge is 0.319 e. The van der Waals surface area contributed by atoms with Gasteiger partial charge in [-0.1, -0.05) is 0 Å². The van der Waals surface area contributed by atoms with Gasteiger partial charge in [0, 0.05) is 6.54 Å². The first-order valence-electron chi connectivity index (χ1n) is 3.73. The van der Waals surface area contributed by atoms with Crippen molar-refractivity contribution in [2.24, 2.45) is 0 Å². The van der Waals surface area contributed by atoms with Gasteiger partial charge >= 0.3 is 5.69 Å². The van der Waals surface area contributed by atoms with Gasteiger partial charge in [-0.15, -0.1) is 0 Å². The Morgan fingerprint density at radius 3 is 3.07 bits per heavy atom. The third kappa shape index (κ3) is 2.04. The first-order chi connectivity index (χ1) is 6.66. The maximum atomic E-state index is 11.2. The summed E-state index contributed by atoms with van der Waals surface area (Å²) in [6.07, 6.45) is 0.952. The van der Waals surface area contributed by atoms with Gasteiger partial charge in [-0.2, -0.15) is 5.10 Å². The zero-order valence-electron chi connectivity index (χ0n) is 7.06. The fraction of sp³-hybridized carbons (Fsp3) is 0.333. The van der Waals surface area contributed by atoms with E-state index in [-0.39, 0.29) is 24.5 Å². The number of nitrogens with one attached hydrogen (secondary N) is 2. The van der Waals surface area contributed by atoms with Gasteiger partial charge in [0.1, 0.15) is 6.20 Å². The van der Waals surface area contributed by atoms with E-state index in [0.29, 0.717) is 0 Å². The minimum Gasteiger partial charge on any atom is -0.395 e. The Balaban J connectivity index is 2.79. The van der Waals surface area contributed by atoms with Crippen molar-refractivity contribution >= 4 is 11.6 Å². The second-order valence-electron chi connectivity index (χ2n) is 2.37. The van der Waals surface area contributed by atoms with E-state index < -0.39 is 10.8 Å². The molecule has 0 aliphatic carbocycles. The lowest BCUT2D eigenvalue weighted by Gasteiger charge is -1.99. The SMILES string of the molecule is O=C(NCCO)c1[nH]ncc1[N+](=O)[O-]. The predicted molar refractivity (Wildman–Crippen MR) is 44.7 cm³/mol. The number of carbonyl (C=O) groups is 1. The van der Waals surface area contributed by atoms with E-state index in [9.17, 15) is 14.9 Å². The summed E-state index contributed by atoms with van der Waals surface area (Å²) in [4.78, 5) is 20.9. The normalized spacial score (nSPS) is 9.79. The van der Waals surface area contributed by atoms with Gasteiger partial charge in [0.15, 0.2) is 0 Å². The molecule has 0 radical (unpaired) electrons. The Hall–Kier alpha value is -1.96. The fourth-order valence-corrected chi connectivity index (χ4v) is 0.843. The van der Waals surface area contributed by atoms with Gasteiger partial charge in [0.25, 0.3) is 5.91 Å². The molecule has 3 N–H and O–H groups in total. The van der Waals surface area contributed by atoms with Gasteiger partial charge in [0.2, 0.25) is 5.69 Å². The molecule has 1 heterocycles. The number of aromatic amines is 1. The largest absolute Gasteiger partial charge is 0.395 e. The topological polar surface area (TPSA) is 121 Å². The molecule has 0 bridgehead atoms. The van der Waals surface area contributed by atoms with Crippen LogP contribution in [-0.2, 0) is 0 Å². The molecule has 14 heavy (non-hydrogen) atoms. The van der Waals surface area contributed by atoms with Crippen molar-refractivity contribution in [3.8, 4) is 0 Å². The first-order valence-corrected chi connectivity index (χ1v) is 3.73. The van der Waals surface area contributed by atoms with E-state index in [1.807, 2.05) is 0 Å². The van der Waals surface area contributed by atoms with Crippen LogP contribution in [0.4, 0.5) is 5.69 Å². The van der Waals surface area contributed by atoms with Crippen LogP contribution in [0.1, 0.15) is 10.5 Å². The van der Waals surface area contributed by atoms with E-state index in [0.717, 1.165) is 6.20 Å². The number of hydrogen-bond donors (Lipinski definition) is 3. The van der Waals surface area contributed by atoms with Crippen LogP contribution in [0.3, 0.4) is 0 Å². The summed E-state index contributed by atoms with van der Waals surface area (Å²) in [6, 6.07) is 0. The summed E-state index contributed by atoms with van der Waals surface area (Å²) < 4.78 is 0. The number of rotatable bonds is 4. The minimum absolute atomic E-state index is 0.0367. The highest BCUT2D eigenvalue weighted by Crippen LogP contribution is 2.13. The summed E-state index contributed by atoms with van der Waals surface area (Å²) in [7, 11) is 0. The highest BCUT2D eigenvalue weighted by Gasteiger charge is 2.21. The van der Waals surface area contributed by atoms with E-state index in [2.05, 4.69) is 15.5 Å². The van der Waals surface area contributed by atoms with E-state index in [4.69, 9.17) is 5.11 Å². The molecule has 0 atom stereocenters. The summed E-state index contributed by atoms with van der Waals surface area (Å²) in [5.41, 5.74) is -0.608. The summed E-state index contributed by atoms with van der Waals surface area (Å²) in [6.45, 7) is -0.192. The highest BCUT2D eigenvalue weighted by molar-refractivity contribution is 5.95. The number of aliphatic hydroxyl groups is 1. The van der Waals surface area contributed by atoms with Gasteiger partial charge < -0.3 is 10.4 Å². The van der Waals surface area contributed by atoms with Gasteiger partial charge in [-0.25, -0.2) is 0 Å². The molecule has 8 heteroatoms. The number of nitro groups is 1. The number of aromatic nitrogens is 2. The Labute approximate surface area is 78.1 Å². The molecular weight excluding hydrogens is 192 g/mol. The van der Waals surface area contributed by atoms with Crippen LogP contribution in [0.2, 0.25) is 0 Å². The van der Waals surface area contributed by atoms with Crippen molar-refractivity contribution in [1.29, 1.82) is 0 Å². The third-order valence-electron chi connectivity index (χ3n) is 1.44. The van der Waals surface area contributed by atoms with Gasteiger partial charge in [-0.05, 0) is 0 Å². The summed E-state index contributed by atoms with van der Waals surface area (Å²) in [5, 5.41) is 26.7. The molecule has 0 aliphatic rings. The van der Waals surface area contributed by atoms with E-state index >= 15 is 0 Å². The number of nitrogens with zero attached hydrogens (tertiary/aromatic N) is 2. The van der Waals surface area contributed by atoms with E-state index in [1.165, 1.54) is 0 Å². The number of amides is 1. The van der Waals surface area contributed by atoms with E-state index in [1.54, 1.807) is 0 Å². The van der Waals surface area contributed by atoms with Crippen LogP contribution >= 0.6 is 0 Å². The molecule has 8 nitrogen and oxygen atoms in total. The average Bonchev–Trinajstić information content (AvgIpc) is 2.62. The van der Waals surface area contributed by atoms with Crippen molar-refractivity contribution in [2.75, 3.05) is 13.2 Å². The van der Waals surface area contributed by atoms with Gasteiger partial charge in [-0.3, -0.25) is 20.0 Å². The molecule has 0 saturated heterocycles. The lowest BCUT2D eigenvalue weighted by atomic mass is 10.3. The van der Waals surface area contributed by atoms with Gasteiger partial charge in [0.05, 0.1) is 11.5 Å². The zero-order chi connectivity index (χ0) is 10.6. The van der Waals surface area contributed by atoms with Crippen molar-refractivity contribution < 1.29 is 14.8 Å². The Morgan fingerprint density at radius 1 is 1.79 bits per heavy atom. The quantitative estimate of drug-likeness (QED) is 0.427. The Morgan fingerprint density at radius 2 is 2.50 bits per heavy atom. The number of hydrogen-bond acceptors (Lipinski definition) is 5. The van der Waals surface area contributed by atoms with Crippen LogP contribution in [0.5, 0.6) is 0 Å². The van der Waals surface area contributed by atoms with Crippen LogP contribution < -0.4 is 5.32 Å². The van der Waals surface area contributed by atoms with Crippen LogP contribution in [0, 0.1) is 10.1 Å². The fourth-order valence-electron chi connectivity index (χ4n) is 0.843. The average molecular weight is 200 g/mol. The molecular formula is C6H8N4O4. The molecule has 0 spiro atoms. The molecule has 1 rings (SSSR count). The minimum atomic E-state index is -0.711. The second kappa shape index (κ2) is 4.33.